The summed E-state index contributed by atoms with van der Waals surface area (Å²) >= 11 is 0. The fourth-order valence-electron chi connectivity index (χ4n) is 6.56. The molecule has 0 N–H and O–H groups in total. The van der Waals surface area contributed by atoms with Gasteiger partial charge in [-0.05, 0) is 99.7 Å². The van der Waals surface area contributed by atoms with E-state index in [-0.39, 0.29) is 32.7 Å². The van der Waals surface area contributed by atoms with Crippen LogP contribution < -0.4 is 0 Å². The minimum Gasteiger partial charge on any atom is -0.0622 e. The SMILES string of the molecule is [2H]c1c([2H])c([2H])c(-c2c3c([2H])c([2H])c([2H])c([2H])c3c(-c3cccc(-c4cccc5cc(-c6cccc7ccccc67)ccc45)c3)c3c([2H])c([2H])c([2H])c([2H])c23)c([2H])c1[2H]. The summed E-state index contributed by atoms with van der Waals surface area (Å²) in [5, 5.41) is 3.45. The van der Waals surface area contributed by atoms with Crippen LogP contribution in [0.2, 0.25) is 0 Å². The second kappa shape index (κ2) is 10.9. The first-order valence-electron chi connectivity index (χ1n) is 21.4. The minimum atomic E-state index is -0.708. The largest absolute Gasteiger partial charge is 0.0629 e. The summed E-state index contributed by atoms with van der Waals surface area (Å²) < 4.78 is 115. The smallest absolute Gasteiger partial charge is 0.0622 e. The van der Waals surface area contributed by atoms with Crippen LogP contribution in [0.25, 0.3) is 87.6 Å². The van der Waals surface area contributed by atoms with Gasteiger partial charge in [-0.25, -0.2) is 0 Å². The molecule has 0 saturated heterocycles. The molecule has 0 aliphatic rings. The van der Waals surface area contributed by atoms with Crippen molar-refractivity contribution in [3.63, 3.8) is 0 Å². The molecule has 0 atom stereocenters. The molecule has 0 nitrogen and oxygen atoms in total. The van der Waals surface area contributed by atoms with E-state index in [2.05, 4.69) is 42.5 Å². The molecule has 0 bridgehead atoms. The summed E-state index contributed by atoms with van der Waals surface area (Å²) in [4.78, 5) is 0. The van der Waals surface area contributed by atoms with Crippen LogP contribution in [0.1, 0.15) is 17.8 Å². The van der Waals surface area contributed by atoms with Crippen LogP contribution in [0, 0.1) is 0 Å². The van der Waals surface area contributed by atoms with Crippen LogP contribution in [0.5, 0.6) is 0 Å². The number of hydrogen-bond acceptors (Lipinski definition) is 0. The maximum Gasteiger partial charge on any atom is 0.0629 e. The Morgan fingerprint density at radius 3 is 1.50 bits per heavy atom. The lowest BCUT2D eigenvalue weighted by Crippen LogP contribution is -1.91. The molecular formula is C46H30. The fourth-order valence-corrected chi connectivity index (χ4v) is 6.56. The Bertz CT molecular complexity index is 3200. The number of fused-ring (bicyclic) bond motifs is 4. The van der Waals surface area contributed by atoms with Crippen LogP contribution in [0.15, 0.2) is 182 Å². The lowest BCUT2D eigenvalue weighted by Gasteiger charge is -2.18. The first kappa shape index (κ1) is 16.4. The van der Waals surface area contributed by atoms with Crippen LogP contribution >= 0.6 is 0 Å². The highest BCUT2D eigenvalue weighted by Gasteiger charge is 2.17. The quantitative estimate of drug-likeness (QED) is 0.178. The highest BCUT2D eigenvalue weighted by atomic mass is 14.2. The van der Waals surface area contributed by atoms with E-state index >= 15 is 0 Å². The van der Waals surface area contributed by atoms with Gasteiger partial charge in [0.05, 0.1) is 17.8 Å². The molecule has 0 amide bonds. The molecule has 46 heavy (non-hydrogen) atoms. The Balaban J connectivity index is 1.38. The third kappa shape index (κ3) is 4.30. The van der Waals surface area contributed by atoms with E-state index in [4.69, 9.17) is 12.3 Å². The summed E-state index contributed by atoms with van der Waals surface area (Å²) in [6, 6.07) is 25.6. The summed E-state index contributed by atoms with van der Waals surface area (Å²) in [7, 11) is 0. The van der Waals surface area contributed by atoms with E-state index in [0.717, 1.165) is 43.8 Å². The van der Waals surface area contributed by atoms with E-state index in [1.807, 2.05) is 48.5 Å². The summed E-state index contributed by atoms with van der Waals surface area (Å²) in [5.74, 6) is 0. The van der Waals surface area contributed by atoms with Gasteiger partial charge in [0.1, 0.15) is 0 Å². The lowest BCUT2D eigenvalue weighted by atomic mass is 9.85. The lowest BCUT2D eigenvalue weighted by molar-refractivity contribution is 1.62. The van der Waals surface area contributed by atoms with Gasteiger partial charge < -0.3 is 0 Å². The molecule has 0 aromatic heterocycles. The van der Waals surface area contributed by atoms with E-state index in [0.29, 0.717) is 5.56 Å². The van der Waals surface area contributed by atoms with Gasteiger partial charge in [0, 0.05) is 0 Å². The normalized spacial score (nSPS) is 15.4. The van der Waals surface area contributed by atoms with Gasteiger partial charge in [-0.3, -0.25) is 0 Å². The first-order valence-corrected chi connectivity index (χ1v) is 14.9. The predicted octanol–water partition coefficient (Wildman–Crippen LogP) is 13.0. The molecule has 0 aliphatic heterocycles. The Labute approximate surface area is 287 Å². The van der Waals surface area contributed by atoms with Crippen molar-refractivity contribution < 1.29 is 17.8 Å². The van der Waals surface area contributed by atoms with Crippen molar-refractivity contribution in [1.29, 1.82) is 0 Å². The molecule has 0 unspecified atom stereocenters. The van der Waals surface area contributed by atoms with Gasteiger partial charge in [0.2, 0.25) is 0 Å². The van der Waals surface area contributed by atoms with E-state index < -0.39 is 84.1 Å². The summed E-state index contributed by atoms with van der Waals surface area (Å²) in [6.07, 6.45) is 0. The second-order valence-electron chi connectivity index (χ2n) is 11.1. The molecule has 0 heteroatoms. The first-order chi connectivity index (χ1) is 28.2. The standard InChI is InChI=1S/C46H30/c1-2-14-32(15-3-1)45-41-21-6-8-23-43(41)46(44-24-9-7-22-42(44)45)36-19-10-17-34(30-36)38-26-12-18-33-29-35(27-28-40(33)38)39-25-11-16-31-13-4-5-20-37(31)39/h1-30H/i1D,2D,3D,6D,7D,8D,9D,14D,15D,21D,22D,23D,24D. The van der Waals surface area contributed by atoms with Gasteiger partial charge in [0.25, 0.3) is 0 Å². The van der Waals surface area contributed by atoms with E-state index in [1.54, 1.807) is 12.1 Å². The second-order valence-corrected chi connectivity index (χ2v) is 11.1. The molecule has 9 aromatic rings. The minimum absolute atomic E-state index is 0.0884. The van der Waals surface area contributed by atoms with Crippen molar-refractivity contribution in [3.05, 3.63) is 182 Å². The van der Waals surface area contributed by atoms with Gasteiger partial charge in [0.15, 0.2) is 0 Å². The third-order valence-corrected chi connectivity index (χ3v) is 8.57. The van der Waals surface area contributed by atoms with Crippen molar-refractivity contribution in [1.82, 2.24) is 0 Å². The molecular weight excluding hydrogens is 553 g/mol. The maximum absolute atomic E-state index is 9.28. The van der Waals surface area contributed by atoms with Crippen molar-refractivity contribution >= 4 is 43.1 Å². The Morgan fingerprint density at radius 1 is 0.304 bits per heavy atom. The Kier molecular flexibility index (Phi) is 3.87. The van der Waals surface area contributed by atoms with Gasteiger partial charge >= 0.3 is 0 Å². The van der Waals surface area contributed by atoms with Crippen molar-refractivity contribution in [2.75, 3.05) is 0 Å². The van der Waals surface area contributed by atoms with Gasteiger partial charge in [-0.2, -0.15) is 0 Å². The maximum atomic E-state index is 9.28. The molecule has 0 radical (unpaired) electrons. The van der Waals surface area contributed by atoms with E-state index in [1.165, 1.54) is 0 Å². The van der Waals surface area contributed by atoms with Gasteiger partial charge in [-0.15, -0.1) is 0 Å². The summed E-state index contributed by atoms with van der Waals surface area (Å²) in [5.41, 5.74) is 3.43. The van der Waals surface area contributed by atoms with Crippen molar-refractivity contribution in [2.24, 2.45) is 0 Å². The molecule has 0 spiro atoms. The van der Waals surface area contributed by atoms with Crippen LogP contribution in [-0.4, -0.2) is 0 Å². The molecule has 9 rings (SSSR count). The molecule has 0 heterocycles. The molecule has 214 valence electrons. The average Bonchev–Trinajstić information content (AvgIpc) is 3.26. The third-order valence-electron chi connectivity index (χ3n) is 8.57. The number of benzene rings is 9. The molecule has 0 fully saturated rings. The predicted molar refractivity (Wildman–Crippen MR) is 198 cm³/mol. The summed E-state index contributed by atoms with van der Waals surface area (Å²) in [6.45, 7) is 0. The van der Waals surface area contributed by atoms with Gasteiger partial charge in [-0.1, -0.05) is 170 Å². The topological polar surface area (TPSA) is 0 Å². The zero-order valence-electron chi connectivity index (χ0n) is 37.3. The Hall–Kier alpha value is -5.98. The highest BCUT2D eigenvalue weighted by Crippen LogP contribution is 2.44. The van der Waals surface area contributed by atoms with Crippen LogP contribution in [0.4, 0.5) is 0 Å². The molecule has 9 aromatic carbocycles. The molecule has 0 aliphatic carbocycles. The molecule has 0 saturated carbocycles. The monoisotopic (exact) mass is 595 g/mol. The van der Waals surface area contributed by atoms with Crippen LogP contribution in [-0.2, 0) is 0 Å². The zero-order chi connectivity index (χ0) is 41.8. The fraction of sp³-hybridized carbons (Fsp3) is 0. The number of hydrogen-bond donors (Lipinski definition) is 0. The Morgan fingerprint density at radius 2 is 0.804 bits per heavy atom. The van der Waals surface area contributed by atoms with Crippen LogP contribution in [0.3, 0.4) is 0 Å². The zero-order valence-corrected chi connectivity index (χ0v) is 24.3. The van der Waals surface area contributed by atoms with E-state index in [9.17, 15) is 5.48 Å². The number of rotatable bonds is 4. The highest BCUT2D eigenvalue weighted by molar-refractivity contribution is 6.21. The van der Waals surface area contributed by atoms with Crippen molar-refractivity contribution in [2.45, 2.75) is 0 Å². The van der Waals surface area contributed by atoms with Crippen molar-refractivity contribution in [3.8, 4) is 44.5 Å². The average molecular weight is 596 g/mol.